The average molecular weight is 453 g/mol. The molecular formula is C24H28N4O3S. The Bertz CT molecular complexity index is 1260. The molecular weight excluding hydrogens is 424 g/mol. The number of carbonyl (C=O) groups is 1. The van der Waals surface area contributed by atoms with Crippen LogP contribution in [0, 0.1) is 0 Å². The van der Waals surface area contributed by atoms with Crippen molar-refractivity contribution in [2.24, 2.45) is 0 Å². The van der Waals surface area contributed by atoms with Crippen LogP contribution in [0.1, 0.15) is 38.2 Å². The first-order valence-electron chi connectivity index (χ1n) is 10.9. The number of benzene rings is 1. The minimum Gasteiger partial charge on any atom is -0.336 e. The molecule has 0 radical (unpaired) electrons. The molecule has 1 fully saturated rings. The minimum atomic E-state index is -3.39. The van der Waals surface area contributed by atoms with Crippen molar-refractivity contribution in [3.8, 4) is 11.3 Å². The van der Waals surface area contributed by atoms with Gasteiger partial charge in [-0.05, 0) is 56.0 Å². The monoisotopic (exact) mass is 452 g/mol. The van der Waals surface area contributed by atoms with E-state index in [1.807, 2.05) is 41.4 Å². The Kier molecular flexibility index (Phi) is 6.32. The normalized spacial score (nSPS) is 17.2. The summed E-state index contributed by atoms with van der Waals surface area (Å²) in [5.74, 6) is 0.0188. The van der Waals surface area contributed by atoms with Crippen molar-refractivity contribution >= 4 is 33.2 Å². The Balaban J connectivity index is 1.72. The van der Waals surface area contributed by atoms with Crippen LogP contribution < -0.4 is 4.72 Å². The molecule has 4 rings (SSSR count). The van der Waals surface area contributed by atoms with E-state index in [1.165, 1.54) is 6.42 Å². The van der Waals surface area contributed by atoms with Crippen molar-refractivity contribution in [2.45, 2.75) is 38.6 Å². The summed E-state index contributed by atoms with van der Waals surface area (Å²) in [6.07, 6.45) is 10.7. The molecule has 3 aromatic rings. The van der Waals surface area contributed by atoms with Crippen LogP contribution in [0.4, 0.5) is 5.69 Å². The zero-order valence-corrected chi connectivity index (χ0v) is 19.2. The maximum Gasteiger partial charge on any atom is 0.246 e. The molecule has 1 unspecified atom stereocenters. The van der Waals surface area contributed by atoms with Crippen LogP contribution in [-0.2, 0) is 14.8 Å². The highest BCUT2D eigenvalue weighted by Crippen LogP contribution is 2.30. The molecule has 0 bridgehead atoms. The molecule has 3 heterocycles. The molecule has 1 N–H and O–H groups in total. The molecule has 1 saturated heterocycles. The van der Waals surface area contributed by atoms with Crippen LogP contribution in [0.15, 0.2) is 54.7 Å². The number of carbonyl (C=O) groups excluding carboxylic acids is 1. The van der Waals surface area contributed by atoms with E-state index in [4.69, 9.17) is 5.10 Å². The Labute approximate surface area is 188 Å². The molecule has 32 heavy (non-hydrogen) atoms. The van der Waals surface area contributed by atoms with E-state index >= 15 is 0 Å². The standard InChI is InChI=1S/C24H28N4O3S/c1-3-20-11-4-6-15-27(20)23(29)14-13-21-22-12-5-7-16-28(22)25-24(21)18-9-8-10-19(17-18)26-32(2,30)31/h5,7-10,12-14,16-17,20,26H,3-4,6,11,15H2,1-2H3. The number of aromatic nitrogens is 2. The molecule has 1 aliphatic heterocycles. The van der Waals surface area contributed by atoms with Crippen molar-refractivity contribution in [3.63, 3.8) is 0 Å². The Morgan fingerprint density at radius 3 is 2.84 bits per heavy atom. The smallest absolute Gasteiger partial charge is 0.246 e. The Morgan fingerprint density at radius 1 is 1.22 bits per heavy atom. The number of amides is 1. The minimum absolute atomic E-state index is 0.0188. The average Bonchev–Trinajstić information content (AvgIpc) is 3.15. The van der Waals surface area contributed by atoms with Crippen molar-refractivity contribution in [1.29, 1.82) is 0 Å². The van der Waals surface area contributed by atoms with Gasteiger partial charge in [0.2, 0.25) is 15.9 Å². The molecule has 1 aliphatic rings. The highest BCUT2D eigenvalue weighted by atomic mass is 32.2. The van der Waals surface area contributed by atoms with Gasteiger partial charge in [0, 0.05) is 41.7 Å². The molecule has 8 heteroatoms. The van der Waals surface area contributed by atoms with Crippen LogP contribution in [0.2, 0.25) is 0 Å². The van der Waals surface area contributed by atoms with Gasteiger partial charge < -0.3 is 4.90 Å². The van der Waals surface area contributed by atoms with Crippen molar-refractivity contribution < 1.29 is 13.2 Å². The fourth-order valence-corrected chi connectivity index (χ4v) is 4.86. The molecule has 7 nitrogen and oxygen atoms in total. The molecule has 0 saturated carbocycles. The number of fused-ring (bicyclic) bond motifs is 1. The van der Waals surface area contributed by atoms with Gasteiger partial charge in [-0.1, -0.05) is 25.1 Å². The predicted molar refractivity (Wildman–Crippen MR) is 128 cm³/mol. The lowest BCUT2D eigenvalue weighted by atomic mass is 9.99. The third-order valence-electron chi connectivity index (χ3n) is 5.79. The topological polar surface area (TPSA) is 83.8 Å². The number of nitrogens with one attached hydrogen (secondary N) is 1. The number of nitrogens with zero attached hydrogens (tertiary/aromatic N) is 3. The summed E-state index contributed by atoms with van der Waals surface area (Å²) in [6.45, 7) is 2.92. The molecule has 2 aromatic heterocycles. The second-order valence-electron chi connectivity index (χ2n) is 8.17. The SMILES string of the molecule is CCC1CCCCN1C(=O)C=Cc1c(-c2cccc(NS(C)(=O)=O)c2)nn2ccccc12. The zero-order valence-electron chi connectivity index (χ0n) is 18.4. The molecule has 1 aromatic carbocycles. The Morgan fingerprint density at radius 2 is 2.06 bits per heavy atom. The second kappa shape index (κ2) is 9.16. The van der Waals surface area contributed by atoms with E-state index in [0.29, 0.717) is 17.4 Å². The number of hydrogen-bond acceptors (Lipinski definition) is 4. The number of piperidine rings is 1. The highest BCUT2D eigenvalue weighted by molar-refractivity contribution is 7.92. The largest absolute Gasteiger partial charge is 0.336 e. The summed E-state index contributed by atoms with van der Waals surface area (Å²) in [5, 5.41) is 4.71. The van der Waals surface area contributed by atoms with Gasteiger partial charge in [0.15, 0.2) is 0 Å². The highest BCUT2D eigenvalue weighted by Gasteiger charge is 2.24. The first kappa shape index (κ1) is 22.1. The molecule has 0 spiro atoms. The van der Waals surface area contributed by atoms with E-state index in [-0.39, 0.29) is 5.91 Å². The summed E-state index contributed by atoms with van der Waals surface area (Å²) in [6, 6.07) is 13.2. The van der Waals surface area contributed by atoms with Crippen molar-refractivity contribution in [2.75, 3.05) is 17.5 Å². The number of sulfonamides is 1. The molecule has 168 valence electrons. The van der Waals surface area contributed by atoms with Crippen LogP contribution in [0.5, 0.6) is 0 Å². The lowest BCUT2D eigenvalue weighted by Gasteiger charge is -2.34. The number of pyridine rings is 1. The maximum atomic E-state index is 13.0. The summed E-state index contributed by atoms with van der Waals surface area (Å²) >= 11 is 0. The lowest BCUT2D eigenvalue weighted by molar-refractivity contribution is -0.129. The van der Waals surface area contributed by atoms with Crippen LogP contribution in [0.25, 0.3) is 22.9 Å². The van der Waals surface area contributed by atoms with Gasteiger partial charge in [0.05, 0.1) is 11.8 Å². The molecule has 1 amide bonds. The van der Waals surface area contributed by atoms with Crippen molar-refractivity contribution in [1.82, 2.24) is 14.5 Å². The van der Waals surface area contributed by atoms with Crippen LogP contribution in [-0.4, -0.2) is 47.7 Å². The fraction of sp³-hybridized carbons (Fsp3) is 0.333. The lowest BCUT2D eigenvalue weighted by Crippen LogP contribution is -2.42. The molecule has 1 atom stereocenters. The van der Waals surface area contributed by atoms with Gasteiger partial charge in [-0.25, -0.2) is 12.9 Å². The van der Waals surface area contributed by atoms with Gasteiger partial charge in [0.1, 0.15) is 5.69 Å². The van der Waals surface area contributed by atoms with E-state index < -0.39 is 10.0 Å². The van der Waals surface area contributed by atoms with Crippen LogP contribution in [0.3, 0.4) is 0 Å². The second-order valence-corrected chi connectivity index (χ2v) is 9.92. The number of anilines is 1. The third-order valence-corrected chi connectivity index (χ3v) is 6.40. The summed E-state index contributed by atoms with van der Waals surface area (Å²) in [7, 11) is -3.39. The van der Waals surface area contributed by atoms with Gasteiger partial charge >= 0.3 is 0 Å². The Hall–Kier alpha value is -3.13. The predicted octanol–water partition coefficient (Wildman–Crippen LogP) is 4.18. The summed E-state index contributed by atoms with van der Waals surface area (Å²) in [5.41, 5.74) is 3.60. The number of rotatable bonds is 6. The maximum absolute atomic E-state index is 13.0. The quantitative estimate of drug-likeness (QED) is 0.569. The van der Waals surface area contributed by atoms with Gasteiger partial charge in [0.25, 0.3) is 0 Å². The number of hydrogen-bond donors (Lipinski definition) is 1. The molecule has 0 aliphatic carbocycles. The summed E-state index contributed by atoms with van der Waals surface area (Å²) in [4.78, 5) is 15.0. The fourth-order valence-electron chi connectivity index (χ4n) is 4.31. The van der Waals surface area contributed by atoms with Gasteiger partial charge in [-0.2, -0.15) is 5.10 Å². The van der Waals surface area contributed by atoms with Crippen molar-refractivity contribution in [3.05, 3.63) is 60.3 Å². The first-order chi connectivity index (χ1) is 15.4. The van der Waals surface area contributed by atoms with E-state index in [0.717, 1.165) is 48.7 Å². The van der Waals surface area contributed by atoms with Crippen LogP contribution >= 0.6 is 0 Å². The number of likely N-dealkylation sites (tertiary alicyclic amines) is 1. The summed E-state index contributed by atoms with van der Waals surface area (Å²) < 4.78 is 27.6. The third kappa shape index (κ3) is 4.85. The van der Waals surface area contributed by atoms with E-state index in [2.05, 4.69) is 11.6 Å². The zero-order chi connectivity index (χ0) is 22.7. The van der Waals surface area contributed by atoms with Gasteiger partial charge in [-0.15, -0.1) is 0 Å². The first-order valence-corrected chi connectivity index (χ1v) is 12.8. The van der Waals surface area contributed by atoms with E-state index in [1.54, 1.807) is 28.8 Å². The van der Waals surface area contributed by atoms with Gasteiger partial charge in [-0.3, -0.25) is 9.52 Å². The van der Waals surface area contributed by atoms with E-state index in [9.17, 15) is 13.2 Å².